The van der Waals surface area contributed by atoms with Crippen LogP contribution in [0.5, 0.6) is 0 Å². The zero-order valence-electron chi connectivity index (χ0n) is 13.1. The van der Waals surface area contributed by atoms with Gasteiger partial charge in [-0.2, -0.15) is 0 Å². The molecule has 0 saturated carbocycles. The first-order valence-corrected chi connectivity index (χ1v) is 7.63. The van der Waals surface area contributed by atoms with E-state index in [-0.39, 0.29) is 17.8 Å². The molecule has 1 unspecified atom stereocenters. The number of likely N-dealkylation sites (tertiary alicyclic amines) is 1. The van der Waals surface area contributed by atoms with Crippen molar-refractivity contribution < 1.29 is 9.18 Å². The second-order valence-corrected chi connectivity index (χ2v) is 6.62. The lowest BCUT2D eigenvalue weighted by atomic mass is 9.82. The summed E-state index contributed by atoms with van der Waals surface area (Å²) in [5, 5.41) is 0. The lowest BCUT2D eigenvalue weighted by Crippen LogP contribution is -2.48. The van der Waals surface area contributed by atoms with Crippen molar-refractivity contribution in [1.29, 1.82) is 0 Å². The van der Waals surface area contributed by atoms with Crippen LogP contribution in [-0.4, -0.2) is 29.9 Å². The summed E-state index contributed by atoms with van der Waals surface area (Å²) in [4.78, 5) is 14.7. The number of hydrogen-bond donors (Lipinski definition) is 1. The quantitative estimate of drug-likeness (QED) is 0.931. The number of rotatable bonds is 3. The first-order valence-electron chi connectivity index (χ1n) is 7.63. The van der Waals surface area contributed by atoms with Gasteiger partial charge in [0.15, 0.2) is 0 Å². The molecular formula is C17H25FN2O. The third kappa shape index (κ3) is 3.43. The summed E-state index contributed by atoms with van der Waals surface area (Å²) in [5.74, 6) is 0.333. The first kappa shape index (κ1) is 16.0. The highest BCUT2D eigenvalue weighted by molar-refractivity contribution is 5.87. The Bertz CT molecular complexity index is 488. The number of carbonyl (C=O) groups excluding carboxylic acids is 1. The summed E-state index contributed by atoms with van der Waals surface area (Å²) in [6.07, 6.45) is 1.92. The van der Waals surface area contributed by atoms with Gasteiger partial charge in [-0.3, -0.25) is 4.79 Å². The lowest BCUT2D eigenvalue weighted by Gasteiger charge is -2.38. The molecule has 116 valence electrons. The minimum atomic E-state index is -0.630. The molecule has 0 radical (unpaired) electrons. The van der Waals surface area contributed by atoms with E-state index in [0.717, 1.165) is 31.5 Å². The number of nitrogens with zero attached hydrogens (tertiary/aromatic N) is 1. The Morgan fingerprint density at radius 2 is 1.81 bits per heavy atom. The van der Waals surface area contributed by atoms with Gasteiger partial charge in [0.2, 0.25) is 5.91 Å². The van der Waals surface area contributed by atoms with E-state index < -0.39 is 5.41 Å². The van der Waals surface area contributed by atoms with Crippen molar-refractivity contribution in [3.8, 4) is 0 Å². The van der Waals surface area contributed by atoms with Crippen LogP contribution < -0.4 is 5.73 Å². The molecule has 1 aliphatic heterocycles. The van der Waals surface area contributed by atoms with Crippen molar-refractivity contribution in [2.24, 2.45) is 11.7 Å². The van der Waals surface area contributed by atoms with Gasteiger partial charge < -0.3 is 10.6 Å². The second kappa shape index (κ2) is 6.14. The maximum Gasteiger partial charge on any atom is 0.232 e. The summed E-state index contributed by atoms with van der Waals surface area (Å²) in [6, 6.07) is 6.40. The maximum absolute atomic E-state index is 13.0. The van der Waals surface area contributed by atoms with Gasteiger partial charge >= 0.3 is 0 Å². The molecule has 0 spiro atoms. The molecule has 1 atom stereocenters. The molecule has 1 fully saturated rings. The van der Waals surface area contributed by atoms with E-state index in [0.29, 0.717) is 5.92 Å². The molecule has 2 N–H and O–H groups in total. The van der Waals surface area contributed by atoms with Crippen LogP contribution >= 0.6 is 0 Å². The Labute approximate surface area is 126 Å². The van der Waals surface area contributed by atoms with Gasteiger partial charge in [0.1, 0.15) is 5.82 Å². The summed E-state index contributed by atoms with van der Waals surface area (Å²) >= 11 is 0. The molecule has 0 aliphatic carbocycles. The minimum Gasteiger partial charge on any atom is -0.342 e. The Kier molecular flexibility index (Phi) is 4.67. The van der Waals surface area contributed by atoms with Crippen LogP contribution in [0.1, 0.15) is 39.2 Å². The minimum absolute atomic E-state index is 0.109. The van der Waals surface area contributed by atoms with Crippen molar-refractivity contribution in [1.82, 2.24) is 4.90 Å². The van der Waals surface area contributed by atoms with Gasteiger partial charge in [-0.1, -0.05) is 12.1 Å². The zero-order valence-corrected chi connectivity index (χ0v) is 13.1. The fraction of sp³-hybridized carbons (Fsp3) is 0.588. The monoisotopic (exact) mass is 292 g/mol. The highest BCUT2D eigenvalue weighted by Crippen LogP contribution is 2.29. The van der Waals surface area contributed by atoms with Crippen molar-refractivity contribution in [2.75, 3.05) is 13.1 Å². The van der Waals surface area contributed by atoms with Crippen molar-refractivity contribution >= 4 is 5.91 Å². The van der Waals surface area contributed by atoms with Crippen LogP contribution in [0.3, 0.4) is 0 Å². The fourth-order valence-electron chi connectivity index (χ4n) is 3.01. The van der Waals surface area contributed by atoms with Crippen LogP contribution in [0.4, 0.5) is 4.39 Å². The highest BCUT2D eigenvalue weighted by Gasteiger charge is 2.35. The number of amides is 1. The van der Waals surface area contributed by atoms with E-state index in [9.17, 15) is 9.18 Å². The maximum atomic E-state index is 13.0. The predicted molar refractivity (Wildman–Crippen MR) is 82.4 cm³/mol. The molecule has 1 amide bonds. The summed E-state index contributed by atoms with van der Waals surface area (Å²) < 4.78 is 13.0. The van der Waals surface area contributed by atoms with Crippen LogP contribution in [0.15, 0.2) is 24.3 Å². The third-order valence-corrected chi connectivity index (χ3v) is 4.67. The zero-order chi connectivity index (χ0) is 15.6. The summed E-state index contributed by atoms with van der Waals surface area (Å²) in [6.45, 7) is 7.36. The number of halogens is 1. The Balaban J connectivity index is 2.07. The molecule has 1 saturated heterocycles. The third-order valence-electron chi connectivity index (χ3n) is 4.67. The predicted octanol–water partition coefficient (Wildman–Crippen LogP) is 2.69. The van der Waals surface area contributed by atoms with Crippen molar-refractivity contribution in [3.63, 3.8) is 0 Å². The van der Waals surface area contributed by atoms with Crippen molar-refractivity contribution in [3.05, 3.63) is 35.6 Å². The first-order chi connectivity index (χ1) is 9.82. The normalized spacial score (nSPS) is 18.6. The molecule has 1 heterocycles. The molecule has 2 rings (SSSR count). The topological polar surface area (TPSA) is 46.3 Å². The second-order valence-electron chi connectivity index (χ2n) is 6.62. The Hall–Kier alpha value is -1.42. The molecule has 4 heteroatoms. The molecule has 1 aliphatic rings. The van der Waals surface area contributed by atoms with E-state index in [4.69, 9.17) is 5.73 Å². The Morgan fingerprint density at radius 1 is 1.29 bits per heavy atom. The lowest BCUT2D eigenvalue weighted by molar-refractivity contribution is -0.137. The van der Waals surface area contributed by atoms with Gasteiger partial charge in [0, 0.05) is 19.1 Å². The number of benzene rings is 1. The number of nitrogens with two attached hydrogens (primary N) is 1. The van der Waals surface area contributed by atoms with Crippen LogP contribution in [0, 0.1) is 11.7 Å². The smallest absolute Gasteiger partial charge is 0.232 e. The number of piperidine rings is 1. The van der Waals surface area contributed by atoms with E-state index in [2.05, 4.69) is 0 Å². The molecule has 0 bridgehead atoms. The van der Waals surface area contributed by atoms with Crippen molar-refractivity contribution in [2.45, 2.75) is 45.1 Å². The molecule has 21 heavy (non-hydrogen) atoms. The standard InChI is InChI=1S/C17H25FN2O/c1-12(19)13-8-10-20(11-9-13)16(21)17(2,3)14-4-6-15(18)7-5-14/h4-7,12-13H,8-11,19H2,1-3H3. The molecule has 0 aromatic heterocycles. The van der Waals surface area contributed by atoms with E-state index >= 15 is 0 Å². The van der Waals surface area contributed by atoms with Gasteiger partial charge in [0.05, 0.1) is 5.41 Å². The molecule has 1 aromatic rings. The van der Waals surface area contributed by atoms with Gasteiger partial charge in [-0.25, -0.2) is 4.39 Å². The average Bonchev–Trinajstić information content (AvgIpc) is 2.47. The van der Waals surface area contributed by atoms with Crippen LogP contribution in [0.25, 0.3) is 0 Å². The van der Waals surface area contributed by atoms with Crippen LogP contribution in [0.2, 0.25) is 0 Å². The van der Waals surface area contributed by atoms with E-state index in [1.54, 1.807) is 12.1 Å². The molecule has 1 aromatic carbocycles. The Morgan fingerprint density at radius 3 is 2.29 bits per heavy atom. The molecular weight excluding hydrogens is 267 g/mol. The number of hydrogen-bond acceptors (Lipinski definition) is 2. The van der Waals surface area contributed by atoms with Gasteiger partial charge in [0.25, 0.3) is 0 Å². The van der Waals surface area contributed by atoms with E-state index in [1.165, 1.54) is 12.1 Å². The molecule has 3 nitrogen and oxygen atoms in total. The summed E-state index contributed by atoms with van der Waals surface area (Å²) in [5.41, 5.74) is 6.16. The summed E-state index contributed by atoms with van der Waals surface area (Å²) in [7, 11) is 0. The van der Waals surface area contributed by atoms with E-state index in [1.807, 2.05) is 25.7 Å². The SMILES string of the molecule is CC(N)C1CCN(C(=O)C(C)(C)c2ccc(F)cc2)CC1. The van der Waals surface area contributed by atoms with Crippen LogP contribution in [-0.2, 0) is 10.2 Å². The average molecular weight is 292 g/mol. The fourth-order valence-corrected chi connectivity index (χ4v) is 3.01. The number of carbonyl (C=O) groups is 1. The van der Waals surface area contributed by atoms with Gasteiger partial charge in [-0.15, -0.1) is 0 Å². The van der Waals surface area contributed by atoms with Gasteiger partial charge in [-0.05, 0) is 57.2 Å². The largest absolute Gasteiger partial charge is 0.342 e. The highest BCUT2D eigenvalue weighted by atomic mass is 19.1.